The Bertz CT molecular complexity index is 433. The third-order valence-electron chi connectivity index (χ3n) is 4.23. The normalized spacial score (nSPS) is 13.3. The Hall–Kier alpha value is -1.10. The third kappa shape index (κ3) is 7.82. The quantitative estimate of drug-likeness (QED) is 0.554. The van der Waals surface area contributed by atoms with Gasteiger partial charge in [0.1, 0.15) is 0 Å². The average molecular weight is 330 g/mol. The number of pyridine rings is 1. The van der Waals surface area contributed by atoms with Crippen molar-refractivity contribution in [3.05, 3.63) is 29.6 Å². The molecule has 0 fully saturated rings. The molecule has 0 bridgehead atoms. The molecule has 2 N–H and O–H groups in total. The average Bonchev–Trinajstić information content (AvgIpc) is 2.52. The fourth-order valence-corrected chi connectivity index (χ4v) is 2.73. The number of aryl methyl sites for hydroxylation is 1. The molecule has 0 aliphatic carbocycles. The smallest absolute Gasteiger partial charge is 0.330 e. The lowest BCUT2D eigenvalue weighted by Gasteiger charge is -2.18. The number of nitrogens with zero attached hydrogens (tertiary/aromatic N) is 1. The van der Waals surface area contributed by atoms with E-state index in [1.54, 1.807) is 12.1 Å². The summed E-state index contributed by atoms with van der Waals surface area (Å²) < 4.78 is 38.6. The first-order valence-electron chi connectivity index (χ1n) is 8.67. The van der Waals surface area contributed by atoms with Gasteiger partial charge in [-0.2, -0.15) is 13.2 Å². The van der Waals surface area contributed by atoms with Crippen LogP contribution in [0.1, 0.15) is 75.5 Å². The Kier molecular flexibility index (Phi) is 9.22. The molecule has 1 aromatic heterocycles. The number of hydrogen-bond acceptors (Lipinski definition) is 2. The predicted molar refractivity (Wildman–Crippen MR) is 88.4 cm³/mol. The molecule has 5 heteroatoms. The maximum atomic E-state index is 12.9. The van der Waals surface area contributed by atoms with E-state index in [2.05, 4.69) is 4.98 Å². The zero-order valence-corrected chi connectivity index (χ0v) is 14.0. The molecule has 0 radical (unpaired) electrons. The first-order chi connectivity index (χ1) is 11.0. The van der Waals surface area contributed by atoms with E-state index in [0.29, 0.717) is 6.42 Å². The monoisotopic (exact) mass is 330 g/mol. The van der Waals surface area contributed by atoms with Crippen molar-refractivity contribution in [2.45, 2.75) is 76.8 Å². The van der Waals surface area contributed by atoms with Crippen LogP contribution in [0, 0.1) is 0 Å². The molecule has 0 aliphatic rings. The van der Waals surface area contributed by atoms with Crippen LogP contribution in [-0.2, 0) is 6.42 Å². The Morgan fingerprint density at radius 1 is 1.00 bits per heavy atom. The van der Waals surface area contributed by atoms with E-state index in [1.807, 2.05) is 0 Å². The van der Waals surface area contributed by atoms with Crippen molar-refractivity contribution in [1.29, 1.82) is 0 Å². The molecule has 0 aliphatic heterocycles. The summed E-state index contributed by atoms with van der Waals surface area (Å²) >= 11 is 0. The van der Waals surface area contributed by atoms with Gasteiger partial charge in [-0.25, -0.2) is 0 Å². The molecule has 1 aromatic rings. The van der Waals surface area contributed by atoms with Gasteiger partial charge in [0.05, 0.1) is 11.6 Å². The highest BCUT2D eigenvalue weighted by Crippen LogP contribution is 2.35. The van der Waals surface area contributed by atoms with Crippen LogP contribution >= 0.6 is 0 Å². The highest BCUT2D eigenvalue weighted by atomic mass is 19.4. The van der Waals surface area contributed by atoms with E-state index in [0.717, 1.165) is 37.8 Å². The van der Waals surface area contributed by atoms with Crippen molar-refractivity contribution >= 4 is 0 Å². The summed E-state index contributed by atoms with van der Waals surface area (Å²) in [7, 11) is 0. The predicted octanol–water partition coefficient (Wildman–Crippen LogP) is 5.37. The van der Waals surface area contributed by atoms with E-state index in [4.69, 9.17) is 5.73 Å². The highest BCUT2D eigenvalue weighted by Gasteiger charge is 2.38. The van der Waals surface area contributed by atoms with Gasteiger partial charge in [-0.15, -0.1) is 0 Å². The number of unbranched alkanes of at least 4 members (excludes halogenated alkanes) is 7. The minimum Gasteiger partial charge on any atom is -0.330 e. The third-order valence-corrected chi connectivity index (χ3v) is 4.23. The lowest BCUT2D eigenvalue weighted by atomic mass is 9.97. The topological polar surface area (TPSA) is 38.9 Å². The number of nitrogens with two attached hydrogens (primary N) is 1. The molecule has 0 aromatic carbocycles. The van der Waals surface area contributed by atoms with Gasteiger partial charge in [0, 0.05) is 6.20 Å². The largest absolute Gasteiger partial charge is 0.396 e. The number of halogens is 3. The van der Waals surface area contributed by atoms with Gasteiger partial charge in [-0.1, -0.05) is 44.6 Å². The maximum absolute atomic E-state index is 12.9. The lowest BCUT2D eigenvalue weighted by Crippen LogP contribution is -2.20. The zero-order chi connectivity index (χ0) is 17.1. The molecule has 1 heterocycles. The minimum atomic E-state index is -4.23. The van der Waals surface area contributed by atoms with Crippen LogP contribution in [0.3, 0.4) is 0 Å². The molecule has 1 rings (SSSR count). The molecular weight excluding hydrogens is 301 g/mol. The van der Waals surface area contributed by atoms with Crippen molar-refractivity contribution in [1.82, 2.24) is 4.98 Å². The Morgan fingerprint density at radius 2 is 1.57 bits per heavy atom. The van der Waals surface area contributed by atoms with Gasteiger partial charge < -0.3 is 5.73 Å². The van der Waals surface area contributed by atoms with E-state index < -0.39 is 12.1 Å². The molecule has 0 spiro atoms. The summed E-state index contributed by atoms with van der Waals surface area (Å²) in [5, 5.41) is 0. The summed E-state index contributed by atoms with van der Waals surface area (Å²) in [6.45, 7) is 1.96. The van der Waals surface area contributed by atoms with E-state index in [9.17, 15) is 13.2 Å². The van der Waals surface area contributed by atoms with Gasteiger partial charge >= 0.3 is 6.18 Å². The first-order valence-corrected chi connectivity index (χ1v) is 8.67. The lowest BCUT2D eigenvalue weighted by molar-refractivity contribution is -0.147. The molecule has 23 heavy (non-hydrogen) atoms. The summed E-state index contributed by atoms with van der Waals surface area (Å²) in [5.41, 5.74) is 6.37. The molecule has 0 unspecified atom stereocenters. The van der Waals surface area contributed by atoms with Crippen LogP contribution in [0.15, 0.2) is 18.3 Å². The molecule has 132 valence electrons. The summed E-state index contributed by atoms with van der Waals surface area (Å²) in [6, 6.07) is 3.50. The number of aromatic nitrogens is 1. The van der Waals surface area contributed by atoms with Crippen molar-refractivity contribution in [3.8, 4) is 0 Å². The number of alkyl halides is 3. The summed E-state index contributed by atoms with van der Waals surface area (Å²) in [4.78, 5) is 3.97. The van der Waals surface area contributed by atoms with Crippen LogP contribution in [0.5, 0.6) is 0 Å². The van der Waals surface area contributed by atoms with E-state index in [-0.39, 0.29) is 5.69 Å². The minimum absolute atomic E-state index is 0.182. The Balaban J connectivity index is 2.30. The first kappa shape index (κ1) is 19.9. The second-order valence-corrected chi connectivity index (χ2v) is 6.18. The fourth-order valence-electron chi connectivity index (χ4n) is 2.73. The van der Waals surface area contributed by atoms with Crippen LogP contribution < -0.4 is 5.73 Å². The second-order valence-electron chi connectivity index (χ2n) is 6.18. The molecule has 0 saturated carbocycles. The Morgan fingerprint density at radius 3 is 2.13 bits per heavy atom. The SMILES string of the molecule is C[C@@H](c1ncccc1CCCCCCCCCCN)C(F)(F)F. The van der Waals surface area contributed by atoms with E-state index in [1.165, 1.54) is 38.8 Å². The van der Waals surface area contributed by atoms with Crippen LogP contribution in [0.25, 0.3) is 0 Å². The molecule has 0 saturated heterocycles. The molecular formula is C18H29F3N2. The summed E-state index contributed by atoms with van der Waals surface area (Å²) in [6.07, 6.45) is 6.97. The van der Waals surface area contributed by atoms with Crippen LogP contribution in [-0.4, -0.2) is 17.7 Å². The second kappa shape index (κ2) is 10.6. The van der Waals surface area contributed by atoms with Crippen LogP contribution in [0.2, 0.25) is 0 Å². The molecule has 1 atom stereocenters. The van der Waals surface area contributed by atoms with Gasteiger partial charge in [0.2, 0.25) is 0 Å². The van der Waals surface area contributed by atoms with Gasteiger partial charge in [0.25, 0.3) is 0 Å². The van der Waals surface area contributed by atoms with Gasteiger partial charge in [-0.3, -0.25) is 4.98 Å². The van der Waals surface area contributed by atoms with Crippen molar-refractivity contribution in [3.63, 3.8) is 0 Å². The highest BCUT2D eigenvalue weighted by molar-refractivity contribution is 5.24. The number of rotatable bonds is 11. The van der Waals surface area contributed by atoms with Crippen molar-refractivity contribution in [2.24, 2.45) is 5.73 Å². The maximum Gasteiger partial charge on any atom is 0.396 e. The summed E-state index contributed by atoms with van der Waals surface area (Å²) in [5.74, 6) is -1.50. The molecule has 0 amide bonds. The molecule has 2 nitrogen and oxygen atoms in total. The Labute approximate surface area is 137 Å². The fraction of sp³-hybridized carbons (Fsp3) is 0.722. The number of hydrogen-bond donors (Lipinski definition) is 1. The standard InChI is InChI=1S/C18H29F3N2/c1-15(18(19,20)21)17-16(12-10-14-23-17)11-8-6-4-2-3-5-7-9-13-22/h10,12,14-15H,2-9,11,13,22H2,1H3/t15-/m0/s1. The van der Waals surface area contributed by atoms with Gasteiger partial charge in [-0.05, 0) is 44.4 Å². The van der Waals surface area contributed by atoms with Crippen LogP contribution in [0.4, 0.5) is 13.2 Å². The van der Waals surface area contributed by atoms with Crippen molar-refractivity contribution < 1.29 is 13.2 Å². The van der Waals surface area contributed by atoms with E-state index >= 15 is 0 Å². The van der Waals surface area contributed by atoms with Gasteiger partial charge in [0.15, 0.2) is 0 Å². The zero-order valence-electron chi connectivity index (χ0n) is 14.0. The van der Waals surface area contributed by atoms with Crippen molar-refractivity contribution in [2.75, 3.05) is 6.54 Å².